The predicted molar refractivity (Wildman–Crippen MR) is 187 cm³/mol. The number of rotatable bonds is 30. The highest BCUT2D eigenvalue weighted by molar-refractivity contribution is 7.54. The first-order valence-electron chi connectivity index (χ1n) is 16.7. The van der Waals surface area contributed by atoms with Gasteiger partial charge in [-0.3, -0.25) is 19.3 Å². The molecule has 2 atom stereocenters. The first-order chi connectivity index (χ1) is 24.3. The Morgan fingerprint density at radius 2 is 1.22 bits per heavy atom. The van der Waals surface area contributed by atoms with Crippen LogP contribution in [0.5, 0.6) is 5.75 Å². The fraction of sp³-hybridized carbons (Fsp3) is 0.710. The van der Waals surface area contributed by atoms with Crippen LogP contribution in [0, 0.1) is 0 Å². The Kier molecular flexibility index (Phi) is 24.4. The fourth-order valence-electron chi connectivity index (χ4n) is 4.15. The van der Waals surface area contributed by atoms with E-state index in [0.29, 0.717) is 38.2 Å². The number of carbonyl (C=O) groups is 3. The van der Waals surface area contributed by atoms with Crippen LogP contribution in [0.25, 0.3) is 0 Å². The minimum absolute atomic E-state index is 0.0800. The van der Waals surface area contributed by atoms with Gasteiger partial charge in [0.1, 0.15) is 5.75 Å². The second kappa shape index (κ2) is 26.9. The standard InChI is InChI=1S/C31H58N7O12P/c1-31(2,3)51(42,43)50-26-8-6-25(7-9-26)22-27(30(41)37-12-15-46-18-21-49-34)38(24-29(40)36-11-14-45-17-20-48-33)23-28(39)35-10-4-5-13-44-16-19-47-32/h6-9,27H,4-5,10-24,32-34H2,1-3H3,(H,35,39)(H,36,40)(H,37,41)(H,42,43). The molecule has 0 radical (unpaired) electrons. The Morgan fingerprint density at radius 1 is 0.725 bits per heavy atom. The van der Waals surface area contributed by atoms with E-state index < -0.39 is 36.5 Å². The van der Waals surface area contributed by atoms with Crippen molar-refractivity contribution in [1.82, 2.24) is 20.9 Å². The predicted octanol–water partition coefficient (Wildman–Crippen LogP) is -0.888. The molecule has 1 rings (SSSR count). The largest absolute Gasteiger partial charge is 0.424 e. The summed E-state index contributed by atoms with van der Waals surface area (Å²) in [5.41, 5.74) is 0.642. The summed E-state index contributed by atoms with van der Waals surface area (Å²) in [7, 11) is -3.99. The molecule has 2 unspecified atom stereocenters. The molecule has 0 saturated carbocycles. The Morgan fingerprint density at radius 3 is 1.73 bits per heavy atom. The average molecular weight is 752 g/mol. The molecular formula is C31H58N7O12P. The second-order valence-corrected chi connectivity index (χ2v) is 14.8. The molecule has 10 N–H and O–H groups in total. The fourth-order valence-corrected chi connectivity index (χ4v) is 4.83. The Bertz CT molecular complexity index is 1160. The first-order valence-corrected chi connectivity index (χ1v) is 18.3. The normalized spacial score (nSPS) is 13.4. The second-order valence-electron chi connectivity index (χ2n) is 12.2. The van der Waals surface area contributed by atoms with E-state index in [4.69, 9.17) is 36.4 Å². The molecule has 1 aromatic carbocycles. The van der Waals surface area contributed by atoms with Gasteiger partial charge in [0.2, 0.25) is 17.7 Å². The number of benzene rings is 1. The van der Waals surface area contributed by atoms with Crippen molar-refractivity contribution in [1.29, 1.82) is 0 Å². The molecule has 3 amide bonds. The summed E-state index contributed by atoms with van der Waals surface area (Å²) < 4.78 is 34.2. The summed E-state index contributed by atoms with van der Waals surface area (Å²) in [5.74, 6) is 13.9. The molecule has 51 heavy (non-hydrogen) atoms. The molecule has 294 valence electrons. The third-order valence-electron chi connectivity index (χ3n) is 7.05. The van der Waals surface area contributed by atoms with Gasteiger partial charge >= 0.3 is 7.60 Å². The average Bonchev–Trinajstić information content (AvgIpc) is 3.07. The van der Waals surface area contributed by atoms with Crippen LogP contribution >= 0.6 is 7.60 Å². The number of nitrogens with one attached hydrogen (secondary N) is 3. The molecule has 0 aliphatic rings. The SMILES string of the molecule is CC(C)(C)P(=O)(O)Oc1ccc(CC(C(=O)NCCOCCON)N(CC(=O)NCCCCOCCON)CC(=O)NCCOCCON)cc1. The number of hydrogen-bond donors (Lipinski definition) is 7. The Balaban J connectivity index is 3.14. The maximum Gasteiger partial charge on any atom is 0.381 e. The van der Waals surface area contributed by atoms with E-state index in [1.54, 1.807) is 32.9 Å². The van der Waals surface area contributed by atoms with Gasteiger partial charge in [0.15, 0.2) is 0 Å². The van der Waals surface area contributed by atoms with Gasteiger partial charge in [0, 0.05) is 26.2 Å². The maximum absolute atomic E-state index is 13.7. The van der Waals surface area contributed by atoms with Crippen molar-refractivity contribution >= 4 is 25.3 Å². The molecular weight excluding hydrogens is 693 g/mol. The lowest BCUT2D eigenvalue weighted by Crippen LogP contribution is -2.54. The van der Waals surface area contributed by atoms with Gasteiger partial charge < -0.3 is 54.1 Å². The minimum atomic E-state index is -3.99. The number of amides is 3. The van der Waals surface area contributed by atoms with Crippen molar-refractivity contribution in [2.45, 2.75) is 51.2 Å². The van der Waals surface area contributed by atoms with Crippen LogP contribution in [0.3, 0.4) is 0 Å². The number of unbranched alkanes of at least 4 members (excludes halogenated alkanes) is 1. The summed E-state index contributed by atoms with van der Waals surface area (Å²) in [4.78, 5) is 65.1. The van der Waals surface area contributed by atoms with Gasteiger partial charge in [-0.1, -0.05) is 12.1 Å². The quantitative estimate of drug-likeness (QED) is 0.0285. The number of ether oxygens (including phenoxy) is 3. The van der Waals surface area contributed by atoms with E-state index in [2.05, 4.69) is 30.5 Å². The van der Waals surface area contributed by atoms with Crippen LogP contribution in [0.4, 0.5) is 0 Å². The van der Waals surface area contributed by atoms with Crippen molar-refractivity contribution in [3.63, 3.8) is 0 Å². The van der Waals surface area contributed by atoms with Gasteiger partial charge in [-0.2, -0.15) is 0 Å². The monoisotopic (exact) mass is 751 g/mol. The van der Waals surface area contributed by atoms with Gasteiger partial charge in [-0.25, -0.2) is 22.3 Å². The highest BCUT2D eigenvalue weighted by Crippen LogP contribution is 2.54. The van der Waals surface area contributed by atoms with Gasteiger partial charge in [0.25, 0.3) is 0 Å². The zero-order valence-electron chi connectivity index (χ0n) is 30.0. The lowest BCUT2D eigenvalue weighted by Gasteiger charge is -2.30. The third kappa shape index (κ3) is 21.4. The first kappa shape index (κ1) is 46.2. The smallest absolute Gasteiger partial charge is 0.381 e. The van der Waals surface area contributed by atoms with Crippen LogP contribution in [0.1, 0.15) is 39.2 Å². The van der Waals surface area contributed by atoms with E-state index in [9.17, 15) is 23.8 Å². The lowest BCUT2D eigenvalue weighted by molar-refractivity contribution is -0.131. The molecule has 0 aliphatic carbocycles. The van der Waals surface area contributed by atoms with Crippen LogP contribution in [-0.2, 0) is 54.1 Å². The van der Waals surface area contributed by atoms with E-state index in [-0.39, 0.29) is 84.6 Å². The van der Waals surface area contributed by atoms with Crippen LogP contribution in [0.2, 0.25) is 0 Å². The van der Waals surface area contributed by atoms with Crippen molar-refractivity contribution in [2.24, 2.45) is 17.7 Å². The summed E-state index contributed by atoms with van der Waals surface area (Å²) >= 11 is 0. The van der Waals surface area contributed by atoms with Crippen molar-refractivity contribution in [3.05, 3.63) is 29.8 Å². The highest BCUT2D eigenvalue weighted by Gasteiger charge is 2.37. The Labute approximate surface area is 299 Å². The summed E-state index contributed by atoms with van der Waals surface area (Å²) in [6, 6.07) is 5.36. The molecule has 0 saturated heterocycles. The van der Waals surface area contributed by atoms with Crippen molar-refractivity contribution in [2.75, 3.05) is 92.2 Å². The van der Waals surface area contributed by atoms with Crippen molar-refractivity contribution < 1.29 is 57.1 Å². The summed E-state index contributed by atoms with van der Waals surface area (Å²) in [5, 5.41) is 7.38. The summed E-state index contributed by atoms with van der Waals surface area (Å²) in [6.07, 6.45) is 1.40. The van der Waals surface area contributed by atoms with E-state index >= 15 is 0 Å². The molecule has 0 fully saturated rings. The number of hydrogen-bond acceptors (Lipinski definition) is 15. The van der Waals surface area contributed by atoms with E-state index in [1.165, 1.54) is 17.0 Å². The topological polar surface area (TPSA) is 271 Å². The molecule has 0 bridgehead atoms. The zero-order chi connectivity index (χ0) is 38.0. The zero-order valence-corrected chi connectivity index (χ0v) is 30.9. The Hall–Kier alpha value is -2.78. The number of nitrogens with two attached hydrogens (primary N) is 3. The third-order valence-corrected chi connectivity index (χ3v) is 9.21. The number of carbonyl (C=O) groups excluding carboxylic acids is 3. The minimum Gasteiger partial charge on any atom is -0.424 e. The summed E-state index contributed by atoms with van der Waals surface area (Å²) in [6.45, 7) is 7.22. The van der Waals surface area contributed by atoms with Crippen LogP contribution in [-0.4, -0.2) is 131 Å². The maximum atomic E-state index is 13.7. The van der Waals surface area contributed by atoms with Gasteiger partial charge in [-0.15, -0.1) is 0 Å². The molecule has 0 spiro atoms. The number of nitrogens with zero attached hydrogens (tertiary/aromatic N) is 1. The molecule has 19 nitrogen and oxygen atoms in total. The lowest BCUT2D eigenvalue weighted by atomic mass is 10.0. The molecule has 0 heterocycles. The molecule has 20 heteroatoms. The molecule has 0 aromatic heterocycles. The highest BCUT2D eigenvalue weighted by atomic mass is 31.2. The van der Waals surface area contributed by atoms with Crippen LogP contribution in [0.15, 0.2) is 24.3 Å². The van der Waals surface area contributed by atoms with Crippen LogP contribution < -0.4 is 38.2 Å². The van der Waals surface area contributed by atoms with Gasteiger partial charge in [-0.05, 0) is 57.7 Å². The van der Waals surface area contributed by atoms with Gasteiger partial charge in [0.05, 0.1) is 77.1 Å². The van der Waals surface area contributed by atoms with E-state index in [1.807, 2.05) is 0 Å². The van der Waals surface area contributed by atoms with Crippen molar-refractivity contribution in [3.8, 4) is 5.75 Å². The molecule has 1 aromatic rings. The van der Waals surface area contributed by atoms with E-state index in [0.717, 1.165) is 0 Å². The molecule has 0 aliphatic heterocycles.